The largest absolute Gasteiger partial charge is 0.269 e. The van der Waals surface area contributed by atoms with Gasteiger partial charge in [-0.3, -0.25) is 10.1 Å². The first-order chi connectivity index (χ1) is 12.2. The fourth-order valence-corrected chi connectivity index (χ4v) is 2.88. The number of hydrogen-bond donors (Lipinski definition) is 0. The molecule has 0 unspecified atom stereocenters. The molecule has 0 fully saturated rings. The van der Waals surface area contributed by atoms with Gasteiger partial charge in [0.1, 0.15) is 0 Å². The number of non-ortho nitro benzene ring substituents is 1. The van der Waals surface area contributed by atoms with Crippen molar-refractivity contribution < 1.29 is 4.92 Å². The highest BCUT2D eigenvalue weighted by Crippen LogP contribution is 2.13. The third-order valence-corrected chi connectivity index (χ3v) is 4.36. The van der Waals surface area contributed by atoms with E-state index < -0.39 is 0 Å². The van der Waals surface area contributed by atoms with E-state index in [1.807, 2.05) is 6.20 Å². The van der Waals surface area contributed by atoms with Gasteiger partial charge in [-0.25, -0.2) is 4.68 Å². The van der Waals surface area contributed by atoms with Crippen LogP contribution in [0.3, 0.4) is 0 Å². The summed E-state index contributed by atoms with van der Waals surface area (Å²) in [5.74, 6) is 0. The Kier molecular flexibility index (Phi) is 8.09. The molecule has 0 amide bonds. The van der Waals surface area contributed by atoms with Crippen molar-refractivity contribution in [1.82, 2.24) is 15.0 Å². The van der Waals surface area contributed by atoms with E-state index in [0.717, 1.165) is 24.1 Å². The molecule has 0 bridgehead atoms. The molecule has 25 heavy (non-hydrogen) atoms. The van der Waals surface area contributed by atoms with E-state index >= 15 is 0 Å². The minimum atomic E-state index is -0.388. The van der Waals surface area contributed by atoms with Gasteiger partial charge in [-0.2, -0.15) is 0 Å². The Labute approximate surface area is 149 Å². The lowest BCUT2D eigenvalue weighted by Crippen LogP contribution is -2.00. The molecule has 0 saturated carbocycles. The van der Waals surface area contributed by atoms with Gasteiger partial charge in [0, 0.05) is 18.3 Å². The minimum Gasteiger partial charge on any atom is -0.258 e. The Hall–Kier alpha value is -2.24. The van der Waals surface area contributed by atoms with E-state index in [-0.39, 0.29) is 10.6 Å². The lowest BCUT2D eigenvalue weighted by atomic mass is 10.1. The van der Waals surface area contributed by atoms with Crippen LogP contribution in [0.4, 0.5) is 5.69 Å². The van der Waals surface area contributed by atoms with Gasteiger partial charge in [-0.1, -0.05) is 69.2 Å². The number of aryl methyl sites for hydroxylation is 1. The van der Waals surface area contributed by atoms with Crippen LogP contribution in [0.5, 0.6) is 0 Å². The Bertz CT molecular complexity index is 637. The molecule has 0 aliphatic carbocycles. The maximum Gasteiger partial charge on any atom is 0.269 e. The zero-order valence-corrected chi connectivity index (χ0v) is 15.1. The van der Waals surface area contributed by atoms with Gasteiger partial charge < -0.3 is 0 Å². The summed E-state index contributed by atoms with van der Waals surface area (Å²) in [5, 5.41) is 19.0. The van der Waals surface area contributed by atoms with Crippen LogP contribution in [-0.2, 0) is 13.0 Å². The fraction of sp³-hybridized carbons (Fsp3) is 0.579. The molecule has 0 saturated heterocycles. The third-order valence-electron chi connectivity index (χ3n) is 4.36. The van der Waals surface area contributed by atoms with Crippen molar-refractivity contribution in [2.75, 3.05) is 0 Å². The van der Waals surface area contributed by atoms with Gasteiger partial charge >= 0.3 is 0 Å². The molecular weight excluding hydrogens is 316 g/mol. The second-order valence-corrected chi connectivity index (χ2v) is 6.56. The standard InChI is InChI=1S/C19H28N4O2/c1-2-3-4-5-6-7-8-9-10-18-16-22(21-20-18)15-17-11-13-19(14-12-17)23(24)25/h11-14,16H,2-10,15H2,1H3. The lowest BCUT2D eigenvalue weighted by molar-refractivity contribution is -0.384. The van der Waals surface area contributed by atoms with Crippen LogP contribution < -0.4 is 0 Å². The zero-order valence-electron chi connectivity index (χ0n) is 15.1. The molecular formula is C19H28N4O2. The SMILES string of the molecule is CCCCCCCCCCc1cn(Cc2ccc([N+](=O)[O-])cc2)nn1. The van der Waals surface area contributed by atoms with Gasteiger partial charge in [-0.05, 0) is 18.4 Å². The second-order valence-electron chi connectivity index (χ2n) is 6.56. The summed E-state index contributed by atoms with van der Waals surface area (Å²) in [6, 6.07) is 6.57. The number of nitro benzene ring substituents is 1. The predicted molar refractivity (Wildman–Crippen MR) is 98.5 cm³/mol. The highest BCUT2D eigenvalue weighted by molar-refractivity contribution is 5.32. The number of aromatic nitrogens is 3. The topological polar surface area (TPSA) is 73.8 Å². The molecule has 2 rings (SSSR count). The molecule has 1 aromatic carbocycles. The van der Waals surface area contributed by atoms with Crippen LogP contribution >= 0.6 is 0 Å². The average molecular weight is 344 g/mol. The Morgan fingerprint density at radius 3 is 2.28 bits per heavy atom. The Balaban J connectivity index is 1.67. The molecule has 6 heteroatoms. The van der Waals surface area contributed by atoms with Gasteiger partial charge in [0.25, 0.3) is 5.69 Å². The van der Waals surface area contributed by atoms with Crippen LogP contribution in [-0.4, -0.2) is 19.9 Å². The highest BCUT2D eigenvalue weighted by atomic mass is 16.6. The average Bonchev–Trinajstić information content (AvgIpc) is 3.05. The summed E-state index contributed by atoms with van der Waals surface area (Å²) < 4.78 is 1.79. The molecule has 0 aliphatic heterocycles. The van der Waals surface area contributed by atoms with Crippen molar-refractivity contribution in [2.45, 2.75) is 71.3 Å². The van der Waals surface area contributed by atoms with Crippen molar-refractivity contribution >= 4 is 5.69 Å². The van der Waals surface area contributed by atoms with Gasteiger partial charge in [0.15, 0.2) is 0 Å². The van der Waals surface area contributed by atoms with Crippen molar-refractivity contribution in [3.8, 4) is 0 Å². The predicted octanol–water partition coefficient (Wildman–Crippen LogP) is 4.92. The second kappa shape index (κ2) is 10.6. The van der Waals surface area contributed by atoms with E-state index in [4.69, 9.17) is 0 Å². The van der Waals surface area contributed by atoms with Crippen LogP contribution in [0.2, 0.25) is 0 Å². The van der Waals surface area contributed by atoms with E-state index in [1.165, 1.54) is 57.1 Å². The van der Waals surface area contributed by atoms with Crippen molar-refractivity contribution in [1.29, 1.82) is 0 Å². The van der Waals surface area contributed by atoms with E-state index in [0.29, 0.717) is 6.54 Å². The molecule has 1 aromatic heterocycles. The number of nitro groups is 1. The molecule has 2 aromatic rings. The molecule has 0 N–H and O–H groups in total. The maximum atomic E-state index is 10.7. The summed E-state index contributed by atoms with van der Waals surface area (Å²) in [6.45, 7) is 2.83. The van der Waals surface area contributed by atoms with E-state index in [1.54, 1.807) is 16.8 Å². The fourth-order valence-electron chi connectivity index (χ4n) is 2.88. The molecule has 0 spiro atoms. The number of nitrogens with zero attached hydrogens (tertiary/aromatic N) is 4. The van der Waals surface area contributed by atoms with Crippen LogP contribution in [0.1, 0.15) is 69.5 Å². The lowest BCUT2D eigenvalue weighted by Gasteiger charge is -2.01. The normalized spacial score (nSPS) is 10.9. The summed E-state index contributed by atoms with van der Waals surface area (Å²) >= 11 is 0. The Morgan fingerprint density at radius 2 is 1.64 bits per heavy atom. The van der Waals surface area contributed by atoms with Gasteiger partial charge in [-0.15, -0.1) is 5.10 Å². The highest BCUT2D eigenvalue weighted by Gasteiger charge is 2.06. The van der Waals surface area contributed by atoms with Gasteiger partial charge in [0.05, 0.1) is 17.2 Å². The number of hydrogen-bond acceptors (Lipinski definition) is 4. The summed E-state index contributed by atoms with van der Waals surface area (Å²) in [4.78, 5) is 10.3. The first-order valence-electron chi connectivity index (χ1n) is 9.31. The minimum absolute atomic E-state index is 0.109. The first-order valence-corrected chi connectivity index (χ1v) is 9.31. The van der Waals surface area contributed by atoms with E-state index in [2.05, 4.69) is 17.2 Å². The van der Waals surface area contributed by atoms with Crippen molar-refractivity contribution in [3.63, 3.8) is 0 Å². The number of rotatable bonds is 12. The smallest absolute Gasteiger partial charge is 0.258 e. The maximum absolute atomic E-state index is 10.7. The summed E-state index contributed by atoms with van der Waals surface area (Å²) in [5.41, 5.74) is 2.11. The van der Waals surface area contributed by atoms with Crippen LogP contribution in [0.15, 0.2) is 30.5 Å². The number of unbranched alkanes of at least 4 members (excludes halogenated alkanes) is 7. The third kappa shape index (κ3) is 7.03. The number of benzene rings is 1. The van der Waals surface area contributed by atoms with Crippen molar-refractivity contribution in [3.05, 3.63) is 51.8 Å². The Morgan fingerprint density at radius 1 is 1.00 bits per heavy atom. The molecule has 6 nitrogen and oxygen atoms in total. The molecule has 0 radical (unpaired) electrons. The monoisotopic (exact) mass is 344 g/mol. The van der Waals surface area contributed by atoms with Crippen LogP contribution in [0.25, 0.3) is 0 Å². The molecule has 136 valence electrons. The van der Waals surface area contributed by atoms with E-state index in [9.17, 15) is 10.1 Å². The molecule has 0 atom stereocenters. The first kappa shape index (κ1) is 19.1. The summed E-state index contributed by atoms with van der Waals surface area (Å²) in [6.07, 6.45) is 13.4. The zero-order chi connectivity index (χ0) is 17.9. The van der Waals surface area contributed by atoms with Gasteiger partial charge in [0.2, 0.25) is 0 Å². The molecule has 0 aliphatic rings. The quantitative estimate of drug-likeness (QED) is 0.311. The van der Waals surface area contributed by atoms with Crippen LogP contribution in [0, 0.1) is 10.1 Å². The molecule has 1 heterocycles. The summed E-state index contributed by atoms with van der Waals surface area (Å²) in [7, 11) is 0. The van der Waals surface area contributed by atoms with Crippen molar-refractivity contribution in [2.24, 2.45) is 0 Å².